The van der Waals surface area contributed by atoms with Crippen LogP contribution in [0, 0.1) is 17.0 Å². The smallest absolute Gasteiger partial charge is 0.339 e. The van der Waals surface area contributed by atoms with Crippen LogP contribution in [0.3, 0.4) is 0 Å². The fourth-order valence-corrected chi connectivity index (χ4v) is 1.64. The molecule has 2 aromatic heterocycles. The number of rotatable bonds is 5. The molecule has 9 heteroatoms. The van der Waals surface area contributed by atoms with E-state index in [9.17, 15) is 14.9 Å². The first kappa shape index (κ1) is 14.3. The molecule has 0 aromatic carbocycles. The van der Waals surface area contributed by atoms with Crippen LogP contribution in [0.1, 0.15) is 21.9 Å². The first-order valence-corrected chi connectivity index (χ1v) is 5.87. The highest BCUT2D eigenvalue weighted by Gasteiger charge is 2.17. The van der Waals surface area contributed by atoms with Crippen molar-refractivity contribution in [2.24, 2.45) is 0 Å². The second-order valence-electron chi connectivity index (χ2n) is 4.10. The molecular formula is C12H11N5O4. The molecule has 0 bridgehead atoms. The molecule has 9 nitrogen and oxygen atoms in total. The number of nitro groups is 1. The SMILES string of the molecule is Cc1nccc(CNc2ncc([N+](=O)[O-])cc2C(=O)O)n1. The summed E-state index contributed by atoms with van der Waals surface area (Å²) in [6.07, 6.45) is 2.58. The number of nitrogens with one attached hydrogen (secondary N) is 1. The first-order chi connectivity index (χ1) is 9.97. The van der Waals surface area contributed by atoms with Gasteiger partial charge in [-0.3, -0.25) is 10.1 Å². The normalized spacial score (nSPS) is 10.1. The summed E-state index contributed by atoms with van der Waals surface area (Å²) in [5.41, 5.74) is 0.00444. The van der Waals surface area contributed by atoms with Gasteiger partial charge in [-0.25, -0.2) is 19.7 Å². The number of aromatic nitrogens is 3. The maximum Gasteiger partial charge on any atom is 0.339 e. The van der Waals surface area contributed by atoms with E-state index in [4.69, 9.17) is 5.11 Å². The van der Waals surface area contributed by atoms with Crippen molar-refractivity contribution in [1.82, 2.24) is 15.0 Å². The van der Waals surface area contributed by atoms with Gasteiger partial charge in [0, 0.05) is 12.3 Å². The van der Waals surface area contributed by atoms with Crippen LogP contribution in [0.5, 0.6) is 0 Å². The number of pyridine rings is 1. The zero-order valence-corrected chi connectivity index (χ0v) is 11.0. The van der Waals surface area contributed by atoms with Gasteiger partial charge in [-0.15, -0.1) is 0 Å². The maximum absolute atomic E-state index is 11.1. The molecule has 21 heavy (non-hydrogen) atoms. The molecule has 0 radical (unpaired) electrons. The van der Waals surface area contributed by atoms with Gasteiger partial charge in [0.15, 0.2) is 0 Å². The lowest BCUT2D eigenvalue weighted by Gasteiger charge is -2.08. The van der Waals surface area contributed by atoms with Gasteiger partial charge in [0.1, 0.15) is 23.4 Å². The van der Waals surface area contributed by atoms with E-state index >= 15 is 0 Å². The second-order valence-corrected chi connectivity index (χ2v) is 4.10. The summed E-state index contributed by atoms with van der Waals surface area (Å²) in [5, 5.41) is 22.5. The number of aryl methyl sites for hydroxylation is 1. The van der Waals surface area contributed by atoms with Crippen molar-refractivity contribution in [3.63, 3.8) is 0 Å². The highest BCUT2D eigenvalue weighted by molar-refractivity contribution is 5.93. The minimum Gasteiger partial charge on any atom is -0.478 e. The van der Waals surface area contributed by atoms with Gasteiger partial charge in [-0.05, 0) is 13.0 Å². The van der Waals surface area contributed by atoms with Gasteiger partial charge >= 0.3 is 5.97 Å². The highest BCUT2D eigenvalue weighted by atomic mass is 16.6. The van der Waals surface area contributed by atoms with Crippen LogP contribution >= 0.6 is 0 Å². The molecule has 2 N–H and O–H groups in total. The fraction of sp³-hybridized carbons (Fsp3) is 0.167. The fourth-order valence-electron chi connectivity index (χ4n) is 1.64. The summed E-state index contributed by atoms with van der Waals surface area (Å²) in [4.78, 5) is 33.0. The van der Waals surface area contributed by atoms with Crippen molar-refractivity contribution in [3.8, 4) is 0 Å². The third kappa shape index (κ3) is 3.47. The largest absolute Gasteiger partial charge is 0.478 e. The Labute approximate surface area is 118 Å². The number of anilines is 1. The molecule has 0 saturated heterocycles. The Bertz CT molecular complexity index is 704. The molecule has 0 fully saturated rings. The molecule has 0 amide bonds. The lowest BCUT2D eigenvalue weighted by molar-refractivity contribution is -0.385. The van der Waals surface area contributed by atoms with Crippen LogP contribution in [0.2, 0.25) is 0 Å². The molecule has 0 unspecified atom stereocenters. The monoisotopic (exact) mass is 289 g/mol. The number of carboxylic acids is 1. The number of carboxylic acid groups (broad SMARTS) is 1. The van der Waals surface area contributed by atoms with E-state index in [1.54, 1.807) is 19.2 Å². The summed E-state index contributed by atoms with van der Waals surface area (Å²) in [5.74, 6) is -0.665. The summed E-state index contributed by atoms with van der Waals surface area (Å²) in [6.45, 7) is 1.96. The van der Waals surface area contributed by atoms with Crippen molar-refractivity contribution >= 4 is 17.5 Å². The predicted octanol–water partition coefficient (Wildman–Crippen LogP) is 1.40. The molecule has 2 aromatic rings. The number of aromatic carboxylic acids is 1. The predicted molar refractivity (Wildman–Crippen MR) is 71.9 cm³/mol. The number of carbonyl (C=O) groups is 1. The zero-order valence-electron chi connectivity index (χ0n) is 11.0. The Balaban J connectivity index is 2.23. The number of nitrogens with zero attached hydrogens (tertiary/aromatic N) is 4. The van der Waals surface area contributed by atoms with Crippen molar-refractivity contribution in [2.75, 3.05) is 5.32 Å². The minimum atomic E-state index is -1.30. The van der Waals surface area contributed by atoms with Gasteiger partial charge in [0.05, 0.1) is 17.2 Å². The highest BCUT2D eigenvalue weighted by Crippen LogP contribution is 2.19. The summed E-state index contributed by atoms with van der Waals surface area (Å²) in [7, 11) is 0. The van der Waals surface area contributed by atoms with Gasteiger partial charge in [0.25, 0.3) is 5.69 Å². The molecule has 0 spiro atoms. The third-order valence-corrected chi connectivity index (χ3v) is 2.59. The van der Waals surface area contributed by atoms with Crippen LogP contribution in [0.4, 0.5) is 11.5 Å². The van der Waals surface area contributed by atoms with E-state index in [2.05, 4.69) is 20.3 Å². The average Bonchev–Trinajstić information content (AvgIpc) is 2.44. The molecule has 108 valence electrons. The van der Waals surface area contributed by atoms with Gasteiger partial charge in [-0.1, -0.05) is 0 Å². The summed E-state index contributed by atoms with van der Waals surface area (Å²) in [6, 6.07) is 2.63. The Hall–Kier alpha value is -3.10. The Morgan fingerprint density at radius 1 is 1.48 bits per heavy atom. The molecule has 0 saturated carbocycles. The van der Waals surface area contributed by atoms with E-state index in [-0.39, 0.29) is 23.6 Å². The molecule has 2 rings (SSSR count). The van der Waals surface area contributed by atoms with Crippen molar-refractivity contribution in [3.05, 3.63) is 51.7 Å². The minimum absolute atomic E-state index is 0.0457. The second kappa shape index (κ2) is 5.90. The lowest BCUT2D eigenvalue weighted by Crippen LogP contribution is -2.10. The van der Waals surface area contributed by atoms with Crippen molar-refractivity contribution in [1.29, 1.82) is 0 Å². The average molecular weight is 289 g/mol. The first-order valence-electron chi connectivity index (χ1n) is 5.87. The van der Waals surface area contributed by atoms with Crippen molar-refractivity contribution < 1.29 is 14.8 Å². The Morgan fingerprint density at radius 2 is 2.24 bits per heavy atom. The topological polar surface area (TPSA) is 131 Å². The van der Waals surface area contributed by atoms with E-state index in [0.717, 1.165) is 12.3 Å². The van der Waals surface area contributed by atoms with E-state index < -0.39 is 10.9 Å². The quantitative estimate of drug-likeness (QED) is 0.623. The summed E-state index contributed by atoms with van der Waals surface area (Å²) < 4.78 is 0. The maximum atomic E-state index is 11.1. The summed E-state index contributed by atoms with van der Waals surface area (Å²) >= 11 is 0. The Morgan fingerprint density at radius 3 is 2.86 bits per heavy atom. The van der Waals surface area contributed by atoms with Gasteiger partial charge in [-0.2, -0.15) is 0 Å². The van der Waals surface area contributed by atoms with Crippen LogP contribution < -0.4 is 5.32 Å². The van der Waals surface area contributed by atoms with Gasteiger partial charge < -0.3 is 10.4 Å². The number of hydrogen-bond acceptors (Lipinski definition) is 7. The van der Waals surface area contributed by atoms with E-state index in [1.807, 2.05) is 0 Å². The van der Waals surface area contributed by atoms with E-state index in [1.165, 1.54) is 0 Å². The number of hydrogen-bond donors (Lipinski definition) is 2. The van der Waals surface area contributed by atoms with Crippen LogP contribution in [-0.4, -0.2) is 31.0 Å². The van der Waals surface area contributed by atoms with Crippen molar-refractivity contribution in [2.45, 2.75) is 13.5 Å². The molecular weight excluding hydrogens is 278 g/mol. The van der Waals surface area contributed by atoms with Crippen LogP contribution in [0.25, 0.3) is 0 Å². The molecule has 0 aliphatic carbocycles. The lowest BCUT2D eigenvalue weighted by atomic mass is 10.2. The van der Waals surface area contributed by atoms with Crippen LogP contribution in [-0.2, 0) is 6.54 Å². The Kier molecular flexibility index (Phi) is 4.02. The standard InChI is InChI=1S/C12H11N5O4/c1-7-13-3-2-8(16-7)5-14-11-10(12(18)19)4-9(6-15-11)17(20)21/h2-4,6H,5H2,1H3,(H,14,15)(H,18,19). The molecule has 0 aliphatic heterocycles. The van der Waals surface area contributed by atoms with Crippen LogP contribution in [0.15, 0.2) is 24.5 Å². The molecule has 0 atom stereocenters. The zero-order chi connectivity index (χ0) is 15.4. The van der Waals surface area contributed by atoms with E-state index in [0.29, 0.717) is 11.5 Å². The molecule has 0 aliphatic rings. The third-order valence-electron chi connectivity index (χ3n) is 2.59. The molecule has 2 heterocycles. The van der Waals surface area contributed by atoms with Gasteiger partial charge in [0.2, 0.25) is 0 Å².